The van der Waals surface area contributed by atoms with Gasteiger partial charge in [-0.3, -0.25) is 4.79 Å². The van der Waals surface area contributed by atoms with Gasteiger partial charge in [-0.05, 0) is 23.3 Å². The lowest BCUT2D eigenvalue weighted by atomic mass is 9.80. The van der Waals surface area contributed by atoms with Crippen LogP contribution >= 0.6 is 0 Å². The van der Waals surface area contributed by atoms with Gasteiger partial charge in [-0.2, -0.15) is 0 Å². The Morgan fingerprint density at radius 1 is 1.29 bits per heavy atom. The van der Waals surface area contributed by atoms with E-state index in [0.717, 1.165) is 11.1 Å². The molecule has 0 aliphatic carbocycles. The van der Waals surface area contributed by atoms with Crippen molar-refractivity contribution >= 4 is 12.0 Å². The van der Waals surface area contributed by atoms with Crippen molar-refractivity contribution in [2.75, 3.05) is 6.61 Å². The highest BCUT2D eigenvalue weighted by molar-refractivity contribution is 5.76. The quantitative estimate of drug-likeness (QED) is 0.697. The molecule has 2 rings (SSSR count). The van der Waals surface area contributed by atoms with Crippen LogP contribution in [-0.2, 0) is 9.53 Å². The molecule has 1 fully saturated rings. The van der Waals surface area contributed by atoms with Gasteiger partial charge < -0.3 is 4.74 Å². The molecule has 0 atom stereocenters. The van der Waals surface area contributed by atoms with Gasteiger partial charge in [-0.25, -0.2) is 4.39 Å². The van der Waals surface area contributed by atoms with E-state index in [9.17, 15) is 9.18 Å². The summed E-state index contributed by atoms with van der Waals surface area (Å²) in [4.78, 5) is 11.3. The highest BCUT2D eigenvalue weighted by Gasteiger charge is 2.31. The first kappa shape index (κ1) is 11.8. The van der Waals surface area contributed by atoms with Crippen LogP contribution in [0.25, 0.3) is 6.08 Å². The van der Waals surface area contributed by atoms with Crippen molar-refractivity contribution in [2.24, 2.45) is 5.41 Å². The topological polar surface area (TPSA) is 26.3 Å². The summed E-state index contributed by atoms with van der Waals surface area (Å²) in [6.07, 6.45) is 2.25. The first-order valence-corrected chi connectivity index (χ1v) is 5.60. The van der Waals surface area contributed by atoms with Crippen molar-refractivity contribution in [3.8, 4) is 0 Å². The molecule has 2 nitrogen and oxygen atoms in total. The van der Waals surface area contributed by atoms with E-state index in [1.54, 1.807) is 12.1 Å². The second-order valence-electron chi connectivity index (χ2n) is 4.94. The third-order valence-electron chi connectivity index (χ3n) is 3.01. The average molecular weight is 234 g/mol. The lowest BCUT2D eigenvalue weighted by Gasteiger charge is -2.32. The van der Waals surface area contributed by atoms with Gasteiger partial charge in [0.15, 0.2) is 0 Å². The minimum absolute atomic E-state index is 0.150. The number of cyclic esters (lactones) is 1. The van der Waals surface area contributed by atoms with E-state index in [1.807, 2.05) is 19.9 Å². The number of hydrogen-bond donors (Lipinski definition) is 0. The summed E-state index contributed by atoms with van der Waals surface area (Å²) in [6, 6.07) is 6.25. The fraction of sp³-hybridized carbons (Fsp3) is 0.357. The second kappa shape index (κ2) is 4.32. The van der Waals surface area contributed by atoms with Gasteiger partial charge in [0.05, 0.1) is 6.42 Å². The molecule has 0 bridgehead atoms. The molecule has 1 saturated heterocycles. The van der Waals surface area contributed by atoms with Gasteiger partial charge >= 0.3 is 5.97 Å². The molecule has 1 aromatic carbocycles. The third kappa shape index (κ3) is 2.73. The highest BCUT2D eigenvalue weighted by Crippen LogP contribution is 2.34. The molecule has 0 radical (unpaired) electrons. The van der Waals surface area contributed by atoms with E-state index in [-0.39, 0.29) is 17.2 Å². The van der Waals surface area contributed by atoms with Gasteiger partial charge in [0.25, 0.3) is 0 Å². The first-order valence-electron chi connectivity index (χ1n) is 5.60. The van der Waals surface area contributed by atoms with Crippen LogP contribution in [-0.4, -0.2) is 12.6 Å². The number of halogens is 1. The standard InChI is InChI=1S/C14H15FO2/c1-14(2)9-17-13(16)8-11(14)7-10-3-5-12(15)6-4-10/h3-7H,8-9H2,1-2H3/b11-7+. The van der Waals surface area contributed by atoms with Gasteiger partial charge in [-0.1, -0.05) is 32.1 Å². The van der Waals surface area contributed by atoms with Crippen molar-refractivity contribution < 1.29 is 13.9 Å². The minimum Gasteiger partial charge on any atom is -0.465 e. The molecule has 0 unspecified atom stereocenters. The van der Waals surface area contributed by atoms with Crippen molar-refractivity contribution in [3.63, 3.8) is 0 Å². The van der Waals surface area contributed by atoms with Crippen LogP contribution in [0.3, 0.4) is 0 Å². The van der Waals surface area contributed by atoms with Gasteiger partial charge in [0, 0.05) is 5.41 Å². The van der Waals surface area contributed by atoms with Gasteiger partial charge in [0.2, 0.25) is 0 Å². The molecule has 0 amide bonds. The van der Waals surface area contributed by atoms with E-state index in [2.05, 4.69) is 0 Å². The summed E-state index contributed by atoms with van der Waals surface area (Å²) >= 11 is 0. The normalized spacial score (nSPS) is 21.4. The van der Waals surface area contributed by atoms with E-state index in [0.29, 0.717) is 13.0 Å². The lowest BCUT2D eigenvalue weighted by molar-refractivity contribution is -0.148. The number of carbonyl (C=O) groups is 1. The summed E-state index contributed by atoms with van der Waals surface area (Å²) in [6.45, 7) is 4.47. The Bertz CT molecular complexity index is 458. The Morgan fingerprint density at radius 2 is 1.94 bits per heavy atom. The molecule has 0 N–H and O–H groups in total. The Kier molecular flexibility index (Phi) is 3.01. The highest BCUT2D eigenvalue weighted by atomic mass is 19.1. The fourth-order valence-electron chi connectivity index (χ4n) is 1.81. The number of hydrogen-bond acceptors (Lipinski definition) is 2. The average Bonchev–Trinajstić information content (AvgIpc) is 2.27. The SMILES string of the molecule is CC1(C)COC(=O)C/C1=C\c1ccc(F)cc1. The number of rotatable bonds is 1. The zero-order chi connectivity index (χ0) is 12.5. The largest absolute Gasteiger partial charge is 0.465 e. The van der Waals surface area contributed by atoms with Gasteiger partial charge in [-0.15, -0.1) is 0 Å². The minimum atomic E-state index is -0.255. The molecule has 0 spiro atoms. The van der Waals surface area contributed by atoms with E-state index < -0.39 is 0 Å². The van der Waals surface area contributed by atoms with Crippen LogP contribution in [0.1, 0.15) is 25.8 Å². The molecule has 1 aromatic rings. The monoisotopic (exact) mass is 234 g/mol. The molecule has 0 saturated carbocycles. The summed E-state index contributed by atoms with van der Waals surface area (Å²) in [5.74, 6) is -0.452. The summed E-state index contributed by atoms with van der Waals surface area (Å²) in [5.41, 5.74) is 1.78. The zero-order valence-electron chi connectivity index (χ0n) is 10.00. The second-order valence-corrected chi connectivity index (χ2v) is 4.94. The number of benzene rings is 1. The van der Waals surface area contributed by atoms with Crippen LogP contribution in [0.15, 0.2) is 29.8 Å². The van der Waals surface area contributed by atoms with Crippen molar-refractivity contribution in [3.05, 3.63) is 41.2 Å². The maximum atomic E-state index is 12.8. The molecular formula is C14H15FO2. The van der Waals surface area contributed by atoms with Crippen molar-refractivity contribution in [1.82, 2.24) is 0 Å². The van der Waals surface area contributed by atoms with E-state index >= 15 is 0 Å². The summed E-state index contributed by atoms with van der Waals surface area (Å²) in [7, 11) is 0. The Morgan fingerprint density at radius 3 is 2.59 bits per heavy atom. The predicted octanol–water partition coefficient (Wildman–Crippen LogP) is 3.18. The Labute approximate surface area is 100 Å². The number of esters is 1. The van der Waals surface area contributed by atoms with E-state index in [1.165, 1.54) is 12.1 Å². The Balaban J connectivity index is 2.30. The van der Waals surface area contributed by atoms with Crippen LogP contribution in [0, 0.1) is 11.2 Å². The van der Waals surface area contributed by atoms with E-state index in [4.69, 9.17) is 4.74 Å². The lowest BCUT2D eigenvalue weighted by Crippen LogP contribution is -2.31. The fourth-order valence-corrected chi connectivity index (χ4v) is 1.81. The predicted molar refractivity (Wildman–Crippen MR) is 63.7 cm³/mol. The smallest absolute Gasteiger partial charge is 0.309 e. The number of carbonyl (C=O) groups excluding carboxylic acids is 1. The molecule has 17 heavy (non-hydrogen) atoms. The first-order chi connectivity index (χ1) is 7.97. The number of ether oxygens (including phenoxy) is 1. The molecule has 0 aromatic heterocycles. The summed E-state index contributed by atoms with van der Waals surface area (Å²) in [5, 5.41) is 0. The Hall–Kier alpha value is -1.64. The van der Waals surface area contributed by atoms with Crippen LogP contribution < -0.4 is 0 Å². The molecule has 1 aliphatic rings. The molecule has 1 heterocycles. The zero-order valence-corrected chi connectivity index (χ0v) is 10.00. The van der Waals surface area contributed by atoms with Crippen LogP contribution in [0.4, 0.5) is 4.39 Å². The van der Waals surface area contributed by atoms with Gasteiger partial charge in [0.1, 0.15) is 12.4 Å². The van der Waals surface area contributed by atoms with Crippen LogP contribution in [0.5, 0.6) is 0 Å². The summed E-state index contributed by atoms with van der Waals surface area (Å²) < 4.78 is 17.8. The maximum absolute atomic E-state index is 12.8. The van der Waals surface area contributed by atoms with Crippen molar-refractivity contribution in [1.29, 1.82) is 0 Å². The molecule has 1 aliphatic heterocycles. The molecule has 3 heteroatoms. The molecule has 90 valence electrons. The third-order valence-corrected chi connectivity index (χ3v) is 3.01. The molecular weight excluding hydrogens is 219 g/mol. The van der Waals surface area contributed by atoms with Crippen molar-refractivity contribution in [2.45, 2.75) is 20.3 Å². The van der Waals surface area contributed by atoms with Crippen LogP contribution in [0.2, 0.25) is 0 Å². The maximum Gasteiger partial charge on any atom is 0.309 e.